The van der Waals surface area contributed by atoms with Gasteiger partial charge in [-0.2, -0.15) is 0 Å². The van der Waals surface area contributed by atoms with Crippen LogP contribution in [-0.2, 0) is 11.3 Å². The summed E-state index contributed by atoms with van der Waals surface area (Å²) >= 11 is 0. The van der Waals surface area contributed by atoms with Crippen LogP contribution in [0.5, 0.6) is 5.75 Å². The third-order valence-corrected chi connectivity index (χ3v) is 4.83. The van der Waals surface area contributed by atoms with E-state index in [0.29, 0.717) is 12.4 Å². The predicted molar refractivity (Wildman–Crippen MR) is 105 cm³/mol. The van der Waals surface area contributed by atoms with E-state index in [1.165, 1.54) is 12.1 Å². The molecule has 0 radical (unpaired) electrons. The zero-order chi connectivity index (χ0) is 19.3. The first-order valence-corrected chi connectivity index (χ1v) is 9.32. The van der Waals surface area contributed by atoms with Crippen LogP contribution in [0.25, 0.3) is 0 Å². The van der Waals surface area contributed by atoms with Gasteiger partial charge in [0.15, 0.2) is 6.29 Å². The molecular formula is C21H23FN4O2. The Hall–Kier alpha value is -2.77. The predicted octanol–water partition coefficient (Wildman–Crippen LogP) is 2.66. The normalized spacial score (nSPS) is 20.1. The average molecular weight is 382 g/mol. The number of nitrogens with zero attached hydrogens (tertiary/aromatic N) is 4. The summed E-state index contributed by atoms with van der Waals surface area (Å²) in [7, 11) is 2.02. The number of aromatic nitrogens is 1. The number of benzene rings is 1. The lowest BCUT2D eigenvalue weighted by atomic mass is 10.1. The molecule has 0 saturated carbocycles. The number of aliphatic imine (C=N–C) groups is 1. The zero-order valence-corrected chi connectivity index (χ0v) is 15.8. The summed E-state index contributed by atoms with van der Waals surface area (Å²) in [5.74, 6) is 0.395. The van der Waals surface area contributed by atoms with Gasteiger partial charge in [-0.25, -0.2) is 9.38 Å². The van der Waals surface area contributed by atoms with Crippen LogP contribution in [0.3, 0.4) is 0 Å². The number of pyridine rings is 1. The van der Waals surface area contributed by atoms with Crippen LogP contribution in [0.4, 0.5) is 4.39 Å². The van der Waals surface area contributed by atoms with E-state index in [1.807, 2.05) is 25.4 Å². The van der Waals surface area contributed by atoms with Crippen molar-refractivity contribution >= 4 is 5.71 Å². The van der Waals surface area contributed by atoms with E-state index < -0.39 is 0 Å². The number of halogens is 1. The minimum Gasteiger partial charge on any atom is -0.487 e. The van der Waals surface area contributed by atoms with Crippen molar-refractivity contribution in [3.63, 3.8) is 0 Å². The van der Waals surface area contributed by atoms with Gasteiger partial charge in [0.25, 0.3) is 0 Å². The van der Waals surface area contributed by atoms with Gasteiger partial charge in [0.2, 0.25) is 0 Å². The van der Waals surface area contributed by atoms with Gasteiger partial charge in [-0.05, 0) is 29.8 Å². The van der Waals surface area contributed by atoms with Crippen LogP contribution in [0.15, 0.2) is 60.0 Å². The molecule has 2 aliphatic rings. The summed E-state index contributed by atoms with van der Waals surface area (Å²) < 4.78 is 24.5. The van der Waals surface area contributed by atoms with Crippen LogP contribution in [0, 0.1) is 5.82 Å². The maximum absolute atomic E-state index is 13.1. The lowest BCUT2D eigenvalue weighted by Gasteiger charge is -2.38. The minimum absolute atomic E-state index is 0.0676. The van der Waals surface area contributed by atoms with Gasteiger partial charge < -0.3 is 14.4 Å². The summed E-state index contributed by atoms with van der Waals surface area (Å²) in [4.78, 5) is 13.5. The molecule has 1 aromatic heterocycles. The number of morpholine rings is 1. The monoisotopic (exact) mass is 382 g/mol. The molecule has 0 bridgehead atoms. The first-order valence-electron chi connectivity index (χ1n) is 9.32. The van der Waals surface area contributed by atoms with E-state index in [2.05, 4.69) is 14.8 Å². The molecule has 1 atom stereocenters. The van der Waals surface area contributed by atoms with Crippen LogP contribution in [-0.4, -0.2) is 60.1 Å². The number of allylic oxidation sites excluding steroid dienone is 1. The Bertz CT molecular complexity index is 863. The Balaban J connectivity index is 1.54. The second kappa shape index (κ2) is 8.50. The van der Waals surface area contributed by atoms with Crippen molar-refractivity contribution in [3.05, 3.63) is 71.9 Å². The largest absolute Gasteiger partial charge is 0.487 e. The number of hydrogen-bond donors (Lipinski definition) is 0. The van der Waals surface area contributed by atoms with Crippen molar-refractivity contribution in [1.29, 1.82) is 0 Å². The number of hydrogen-bond acceptors (Lipinski definition) is 6. The fraction of sp³-hybridized carbons (Fsp3) is 0.333. The van der Waals surface area contributed by atoms with Crippen LogP contribution >= 0.6 is 0 Å². The molecule has 3 heterocycles. The maximum atomic E-state index is 13.1. The quantitative estimate of drug-likeness (QED) is 0.796. The summed E-state index contributed by atoms with van der Waals surface area (Å²) in [6.07, 6.45) is 7.38. The Kier molecular flexibility index (Phi) is 5.64. The van der Waals surface area contributed by atoms with Crippen molar-refractivity contribution in [3.8, 4) is 5.75 Å². The molecule has 2 aromatic rings. The highest BCUT2D eigenvalue weighted by molar-refractivity contribution is 6.10. The molecule has 1 aromatic carbocycles. The van der Waals surface area contributed by atoms with E-state index in [0.717, 1.165) is 43.1 Å². The van der Waals surface area contributed by atoms with E-state index in [1.54, 1.807) is 24.5 Å². The summed E-state index contributed by atoms with van der Waals surface area (Å²) in [5.41, 5.74) is 2.63. The van der Waals surface area contributed by atoms with Crippen molar-refractivity contribution in [2.24, 2.45) is 4.99 Å². The molecule has 0 aliphatic carbocycles. The molecule has 2 aliphatic heterocycles. The lowest BCUT2D eigenvalue weighted by Crippen LogP contribution is -2.50. The summed E-state index contributed by atoms with van der Waals surface area (Å²) in [6, 6.07) is 8.20. The third-order valence-electron chi connectivity index (χ3n) is 4.83. The first-order chi connectivity index (χ1) is 13.7. The molecule has 28 heavy (non-hydrogen) atoms. The van der Waals surface area contributed by atoms with Crippen LogP contribution in [0.1, 0.15) is 11.1 Å². The van der Waals surface area contributed by atoms with Gasteiger partial charge in [-0.3, -0.25) is 9.88 Å². The molecular weight excluding hydrogens is 359 g/mol. The highest BCUT2D eigenvalue weighted by Crippen LogP contribution is 2.23. The minimum atomic E-state index is -0.259. The summed E-state index contributed by atoms with van der Waals surface area (Å²) in [6.45, 7) is 3.48. The molecule has 6 nitrogen and oxygen atoms in total. The average Bonchev–Trinajstić information content (AvgIpc) is 2.75. The SMILES string of the molecule is CN1C=CC(c2ccncc2OCc2ccc(F)cc2)=NC1N1CCOCC1. The Morgan fingerprint density at radius 3 is 2.75 bits per heavy atom. The second-order valence-electron chi connectivity index (χ2n) is 6.78. The standard InChI is InChI=1S/C21H23FN4O2/c1-25-9-7-19(24-21(25)26-10-12-27-13-11-26)18-6-8-23-14-20(18)28-15-16-2-4-17(22)5-3-16/h2-9,14,21H,10-13,15H2,1H3. The third kappa shape index (κ3) is 4.21. The van der Waals surface area contributed by atoms with Gasteiger partial charge in [-0.15, -0.1) is 0 Å². The van der Waals surface area contributed by atoms with Gasteiger partial charge in [0, 0.05) is 38.1 Å². The smallest absolute Gasteiger partial charge is 0.178 e. The molecule has 0 spiro atoms. The van der Waals surface area contributed by atoms with Gasteiger partial charge >= 0.3 is 0 Å². The molecule has 4 rings (SSSR count). The lowest BCUT2D eigenvalue weighted by molar-refractivity contribution is -0.0119. The van der Waals surface area contributed by atoms with Crippen molar-refractivity contribution < 1.29 is 13.9 Å². The zero-order valence-electron chi connectivity index (χ0n) is 15.8. The van der Waals surface area contributed by atoms with Crippen molar-refractivity contribution in [2.75, 3.05) is 33.4 Å². The molecule has 1 saturated heterocycles. The summed E-state index contributed by atoms with van der Waals surface area (Å²) in [5, 5.41) is 0. The van der Waals surface area contributed by atoms with E-state index in [-0.39, 0.29) is 12.1 Å². The molecule has 1 fully saturated rings. The van der Waals surface area contributed by atoms with Crippen molar-refractivity contribution in [1.82, 2.24) is 14.8 Å². The van der Waals surface area contributed by atoms with Crippen LogP contribution in [0.2, 0.25) is 0 Å². The molecule has 0 amide bonds. The topological polar surface area (TPSA) is 50.2 Å². The molecule has 146 valence electrons. The maximum Gasteiger partial charge on any atom is 0.178 e. The Morgan fingerprint density at radius 1 is 1.18 bits per heavy atom. The highest BCUT2D eigenvalue weighted by atomic mass is 19.1. The van der Waals surface area contributed by atoms with Crippen molar-refractivity contribution in [2.45, 2.75) is 12.9 Å². The fourth-order valence-corrected chi connectivity index (χ4v) is 3.28. The van der Waals surface area contributed by atoms with E-state index in [4.69, 9.17) is 14.5 Å². The number of ether oxygens (including phenoxy) is 2. The molecule has 7 heteroatoms. The van der Waals surface area contributed by atoms with Gasteiger partial charge in [0.05, 0.1) is 25.1 Å². The van der Waals surface area contributed by atoms with E-state index in [9.17, 15) is 4.39 Å². The fourth-order valence-electron chi connectivity index (χ4n) is 3.28. The van der Waals surface area contributed by atoms with Gasteiger partial charge in [0.1, 0.15) is 18.2 Å². The second-order valence-corrected chi connectivity index (χ2v) is 6.78. The van der Waals surface area contributed by atoms with E-state index >= 15 is 0 Å². The highest BCUT2D eigenvalue weighted by Gasteiger charge is 2.26. The molecule has 1 unspecified atom stereocenters. The first kappa shape index (κ1) is 18.6. The number of rotatable bonds is 5. The Morgan fingerprint density at radius 2 is 1.96 bits per heavy atom. The Labute approximate surface area is 163 Å². The molecule has 0 N–H and O–H groups in total. The van der Waals surface area contributed by atoms with Gasteiger partial charge in [-0.1, -0.05) is 12.1 Å². The van der Waals surface area contributed by atoms with Crippen LogP contribution < -0.4 is 4.74 Å².